The molecule has 0 radical (unpaired) electrons. The lowest BCUT2D eigenvalue weighted by molar-refractivity contribution is 1.48. The van der Waals surface area contributed by atoms with E-state index in [9.17, 15) is 0 Å². The minimum absolute atomic E-state index is 1.12. The van der Waals surface area contributed by atoms with Crippen LogP contribution in [0.1, 0.15) is 11.1 Å². The molecule has 62 valence electrons. The maximum atomic E-state index is 4.38. The Labute approximate surface area is 76.7 Å². The van der Waals surface area contributed by atoms with Crippen LogP contribution < -0.4 is 0 Å². The van der Waals surface area contributed by atoms with Gasteiger partial charge in [0.2, 0.25) is 0 Å². The standard InChI is InChI=1S/C12H9N/c1-8-5-9-3-2-4-10-7-13-11(6-8)12(9)10/h2-7H,1H3. The van der Waals surface area contributed by atoms with Crippen molar-refractivity contribution in [1.82, 2.24) is 0 Å². The van der Waals surface area contributed by atoms with Crippen LogP contribution in [0.15, 0.2) is 35.3 Å². The highest BCUT2D eigenvalue weighted by Crippen LogP contribution is 2.33. The summed E-state index contributed by atoms with van der Waals surface area (Å²) in [6.45, 7) is 2.11. The largest absolute Gasteiger partial charge is 0.256 e. The molecule has 0 N–H and O–H groups in total. The third-order valence-electron chi connectivity index (χ3n) is 2.48. The van der Waals surface area contributed by atoms with Crippen molar-refractivity contribution < 1.29 is 0 Å². The molecule has 1 aliphatic rings. The maximum absolute atomic E-state index is 4.38. The summed E-state index contributed by atoms with van der Waals surface area (Å²) in [5.74, 6) is 0. The van der Waals surface area contributed by atoms with Gasteiger partial charge in [0.1, 0.15) is 0 Å². The summed E-state index contributed by atoms with van der Waals surface area (Å²) < 4.78 is 0. The monoisotopic (exact) mass is 167 g/mol. The van der Waals surface area contributed by atoms with Crippen LogP contribution in [0.2, 0.25) is 0 Å². The first-order valence-corrected chi connectivity index (χ1v) is 4.42. The van der Waals surface area contributed by atoms with Crippen LogP contribution in [-0.2, 0) is 0 Å². The molecule has 0 fully saturated rings. The van der Waals surface area contributed by atoms with Crippen LogP contribution in [0.5, 0.6) is 0 Å². The van der Waals surface area contributed by atoms with E-state index in [2.05, 4.69) is 42.2 Å². The Morgan fingerprint density at radius 3 is 3.00 bits per heavy atom. The molecular formula is C12H9N. The van der Waals surface area contributed by atoms with E-state index in [0.717, 1.165) is 5.69 Å². The van der Waals surface area contributed by atoms with Gasteiger partial charge in [-0.05, 0) is 23.9 Å². The molecule has 0 unspecified atom stereocenters. The first-order valence-electron chi connectivity index (χ1n) is 4.42. The fraction of sp³-hybridized carbons (Fsp3) is 0.0833. The molecule has 0 aliphatic carbocycles. The van der Waals surface area contributed by atoms with Gasteiger partial charge in [-0.2, -0.15) is 0 Å². The fourth-order valence-corrected chi connectivity index (χ4v) is 1.93. The van der Waals surface area contributed by atoms with Crippen molar-refractivity contribution in [3.63, 3.8) is 0 Å². The average molecular weight is 167 g/mol. The van der Waals surface area contributed by atoms with Crippen LogP contribution in [0.3, 0.4) is 0 Å². The van der Waals surface area contributed by atoms with Crippen LogP contribution in [0, 0.1) is 6.92 Å². The Kier molecular flexibility index (Phi) is 1.15. The zero-order valence-electron chi connectivity index (χ0n) is 7.41. The Morgan fingerprint density at radius 1 is 1.15 bits per heavy atom. The Balaban J connectivity index is 2.59. The van der Waals surface area contributed by atoms with Gasteiger partial charge in [-0.3, -0.25) is 4.99 Å². The minimum Gasteiger partial charge on any atom is -0.256 e. The number of aliphatic imine (C=N–C) groups is 1. The van der Waals surface area contributed by atoms with Crippen molar-refractivity contribution in [2.75, 3.05) is 0 Å². The van der Waals surface area contributed by atoms with Gasteiger partial charge in [0.25, 0.3) is 0 Å². The first kappa shape index (κ1) is 6.84. The molecular weight excluding hydrogens is 158 g/mol. The third kappa shape index (κ3) is 0.842. The summed E-state index contributed by atoms with van der Waals surface area (Å²) in [5, 5.41) is 2.60. The lowest BCUT2D eigenvalue weighted by atomic mass is 10.0. The Bertz CT molecular complexity index is 524. The molecule has 1 heteroatoms. The predicted octanol–water partition coefficient (Wildman–Crippen LogP) is 3.21. The summed E-state index contributed by atoms with van der Waals surface area (Å²) in [6, 6.07) is 10.7. The zero-order chi connectivity index (χ0) is 8.84. The molecule has 1 aliphatic heterocycles. The van der Waals surface area contributed by atoms with Gasteiger partial charge >= 0.3 is 0 Å². The molecule has 1 nitrogen and oxygen atoms in total. The van der Waals surface area contributed by atoms with E-state index < -0.39 is 0 Å². The molecule has 0 bridgehead atoms. The second-order valence-electron chi connectivity index (χ2n) is 3.49. The summed E-state index contributed by atoms with van der Waals surface area (Å²) in [4.78, 5) is 4.38. The molecule has 0 saturated carbocycles. The van der Waals surface area contributed by atoms with E-state index in [4.69, 9.17) is 0 Å². The van der Waals surface area contributed by atoms with Crippen LogP contribution in [0.25, 0.3) is 10.8 Å². The third-order valence-corrected chi connectivity index (χ3v) is 2.48. The molecule has 0 atom stereocenters. The number of rotatable bonds is 0. The number of hydrogen-bond donors (Lipinski definition) is 0. The van der Waals surface area contributed by atoms with E-state index in [-0.39, 0.29) is 0 Å². The van der Waals surface area contributed by atoms with Gasteiger partial charge in [0.05, 0.1) is 5.69 Å². The highest BCUT2D eigenvalue weighted by atomic mass is 14.7. The lowest BCUT2D eigenvalue weighted by Crippen LogP contribution is -1.78. The van der Waals surface area contributed by atoms with Crippen molar-refractivity contribution in [3.8, 4) is 0 Å². The number of benzene rings is 2. The second kappa shape index (κ2) is 2.19. The van der Waals surface area contributed by atoms with E-state index >= 15 is 0 Å². The first-order chi connectivity index (χ1) is 6.34. The maximum Gasteiger partial charge on any atom is 0.0717 e. The SMILES string of the molecule is Cc1cc2c3c(cccc3c1)C=N2. The highest BCUT2D eigenvalue weighted by molar-refractivity contribution is 6.11. The Morgan fingerprint density at radius 2 is 2.08 bits per heavy atom. The van der Waals surface area contributed by atoms with Gasteiger partial charge in [0.15, 0.2) is 0 Å². The van der Waals surface area contributed by atoms with E-state index in [1.165, 1.54) is 21.9 Å². The molecule has 0 aromatic heterocycles. The van der Waals surface area contributed by atoms with Gasteiger partial charge in [-0.15, -0.1) is 0 Å². The fourth-order valence-electron chi connectivity index (χ4n) is 1.93. The molecule has 13 heavy (non-hydrogen) atoms. The molecule has 2 aromatic carbocycles. The number of aryl methyl sites for hydroxylation is 1. The average Bonchev–Trinajstić information content (AvgIpc) is 2.50. The van der Waals surface area contributed by atoms with Crippen molar-refractivity contribution in [3.05, 3.63) is 41.5 Å². The van der Waals surface area contributed by atoms with Crippen molar-refractivity contribution in [2.24, 2.45) is 4.99 Å². The van der Waals surface area contributed by atoms with Crippen molar-refractivity contribution >= 4 is 22.7 Å². The lowest BCUT2D eigenvalue weighted by Gasteiger charge is -2.01. The van der Waals surface area contributed by atoms with Crippen LogP contribution in [-0.4, -0.2) is 6.21 Å². The number of hydrogen-bond acceptors (Lipinski definition) is 1. The summed E-state index contributed by atoms with van der Waals surface area (Å²) >= 11 is 0. The topological polar surface area (TPSA) is 12.4 Å². The molecule has 0 amide bonds. The van der Waals surface area contributed by atoms with Crippen molar-refractivity contribution in [2.45, 2.75) is 6.92 Å². The van der Waals surface area contributed by atoms with Gasteiger partial charge in [0, 0.05) is 17.2 Å². The van der Waals surface area contributed by atoms with Gasteiger partial charge in [-0.1, -0.05) is 24.3 Å². The van der Waals surface area contributed by atoms with E-state index in [1.54, 1.807) is 0 Å². The second-order valence-corrected chi connectivity index (χ2v) is 3.49. The summed E-state index contributed by atoms with van der Waals surface area (Å²) in [6.07, 6.45) is 1.94. The molecule has 2 aromatic rings. The summed E-state index contributed by atoms with van der Waals surface area (Å²) in [7, 11) is 0. The van der Waals surface area contributed by atoms with Gasteiger partial charge < -0.3 is 0 Å². The van der Waals surface area contributed by atoms with Crippen LogP contribution >= 0.6 is 0 Å². The molecule has 0 spiro atoms. The summed E-state index contributed by atoms with van der Waals surface area (Å²) in [5.41, 5.74) is 3.64. The molecule has 0 saturated heterocycles. The van der Waals surface area contributed by atoms with Crippen LogP contribution in [0.4, 0.5) is 5.69 Å². The normalized spacial score (nSPS) is 12.7. The quantitative estimate of drug-likeness (QED) is 0.487. The van der Waals surface area contributed by atoms with Crippen molar-refractivity contribution in [1.29, 1.82) is 0 Å². The van der Waals surface area contributed by atoms with E-state index in [1.807, 2.05) is 6.21 Å². The Hall–Kier alpha value is -1.63. The number of nitrogens with zero attached hydrogens (tertiary/aromatic N) is 1. The smallest absolute Gasteiger partial charge is 0.0717 e. The molecule has 1 heterocycles. The van der Waals surface area contributed by atoms with E-state index in [0.29, 0.717) is 0 Å². The predicted molar refractivity (Wildman–Crippen MR) is 55.9 cm³/mol. The zero-order valence-corrected chi connectivity index (χ0v) is 7.41. The van der Waals surface area contributed by atoms with Gasteiger partial charge in [-0.25, -0.2) is 0 Å². The highest BCUT2D eigenvalue weighted by Gasteiger charge is 2.09. The molecule has 3 rings (SSSR count). The minimum atomic E-state index is 1.12.